The van der Waals surface area contributed by atoms with Crippen LogP contribution in [0.2, 0.25) is 0 Å². The maximum Gasteiger partial charge on any atom is 0.266 e. The molecule has 2 rings (SSSR count). The molecule has 1 N–H and O–H groups in total. The van der Waals surface area contributed by atoms with E-state index in [0.29, 0.717) is 15.8 Å². The summed E-state index contributed by atoms with van der Waals surface area (Å²) in [4.78, 5) is 12.2. The summed E-state index contributed by atoms with van der Waals surface area (Å²) in [5, 5.41) is 11.7. The molecule has 2 aromatic carbocycles. The molecule has 0 bridgehead atoms. The van der Waals surface area contributed by atoms with Crippen molar-refractivity contribution in [1.82, 2.24) is 0 Å². The highest BCUT2D eigenvalue weighted by molar-refractivity contribution is 14.1. The Morgan fingerprint density at radius 1 is 1.42 bits per heavy atom. The Labute approximate surface area is 172 Å². The van der Waals surface area contributed by atoms with Gasteiger partial charge in [-0.25, -0.2) is 4.39 Å². The molecule has 0 spiro atoms. The number of carbonyl (C=O) groups is 1. The predicted octanol–water partition coefficient (Wildman–Crippen LogP) is 4.75. The number of nitrogens with one attached hydrogen (secondary N) is 1. The average molecular weight is 525 g/mol. The van der Waals surface area contributed by atoms with E-state index < -0.39 is 11.7 Å². The fourth-order valence-electron chi connectivity index (χ4n) is 1.98. The molecule has 0 unspecified atom stereocenters. The number of carbonyl (C=O) groups excluding carboxylic acids is 1. The number of anilines is 1. The Hall–Kier alpha value is -2.36. The SMILES string of the molecule is C#CCOc1c(Br)cc(C=C(C#N)C(=O)Nc2ccccc2F)cc1I. The first kappa shape index (κ1) is 20.0. The standard InChI is InChI=1S/C19H11BrFIN2O2/c1-2-7-26-18-14(20)9-12(10-16(18)22)8-13(11-23)19(25)24-17-6-4-3-5-15(17)21/h1,3-6,8-10H,7H2,(H,24,25). The minimum atomic E-state index is -0.698. The molecule has 0 aliphatic carbocycles. The number of nitriles is 1. The number of amides is 1. The third-order valence-corrected chi connectivity index (χ3v) is 4.51. The van der Waals surface area contributed by atoms with Gasteiger partial charge in [0.2, 0.25) is 0 Å². The van der Waals surface area contributed by atoms with Crippen molar-refractivity contribution in [3.63, 3.8) is 0 Å². The molecule has 0 radical (unpaired) electrons. The van der Waals surface area contributed by atoms with Gasteiger partial charge in [-0.1, -0.05) is 18.1 Å². The second-order valence-electron chi connectivity index (χ2n) is 4.91. The van der Waals surface area contributed by atoms with Gasteiger partial charge in [-0.05, 0) is 74.4 Å². The predicted molar refractivity (Wildman–Crippen MR) is 110 cm³/mol. The summed E-state index contributed by atoms with van der Waals surface area (Å²) in [6.07, 6.45) is 6.60. The summed E-state index contributed by atoms with van der Waals surface area (Å²) in [5.74, 6) is 1.69. The maximum absolute atomic E-state index is 13.6. The molecule has 0 aliphatic heterocycles. The highest BCUT2D eigenvalue weighted by atomic mass is 127. The highest BCUT2D eigenvalue weighted by Gasteiger charge is 2.13. The van der Waals surface area contributed by atoms with E-state index in [2.05, 4.69) is 49.8 Å². The van der Waals surface area contributed by atoms with Crippen LogP contribution in [0.3, 0.4) is 0 Å². The number of hydrogen-bond donors (Lipinski definition) is 1. The number of nitrogens with zero attached hydrogens (tertiary/aromatic N) is 1. The molecule has 1 amide bonds. The summed E-state index contributed by atoms with van der Waals surface area (Å²) in [5.41, 5.74) is 0.454. The monoisotopic (exact) mass is 524 g/mol. The minimum Gasteiger partial charge on any atom is -0.479 e. The summed E-state index contributed by atoms with van der Waals surface area (Å²) < 4.78 is 20.5. The van der Waals surface area contributed by atoms with Gasteiger partial charge in [-0.2, -0.15) is 5.26 Å². The van der Waals surface area contributed by atoms with Crippen LogP contribution >= 0.6 is 38.5 Å². The Bertz CT molecular complexity index is 938. The van der Waals surface area contributed by atoms with E-state index in [9.17, 15) is 14.4 Å². The molecule has 0 aromatic heterocycles. The van der Waals surface area contributed by atoms with Crippen LogP contribution < -0.4 is 10.1 Å². The van der Waals surface area contributed by atoms with Crippen LogP contribution in [-0.2, 0) is 4.79 Å². The van der Waals surface area contributed by atoms with Gasteiger partial charge >= 0.3 is 0 Å². The van der Waals surface area contributed by atoms with Crippen LogP contribution in [0.25, 0.3) is 6.08 Å². The van der Waals surface area contributed by atoms with Crippen molar-refractivity contribution in [3.8, 4) is 24.2 Å². The van der Waals surface area contributed by atoms with E-state index in [0.717, 1.165) is 3.57 Å². The molecule has 4 nitrogen and oxygen atoms in total. The zero-order chi connectivity index (χ0) is 19.1. The van der Waals surface area contributed by atoms with Crippen molar-refractivity contribution >= 4 is 56.2 Å². The lowest BCUT2D eigenvalue weighted by Gasteiger charge is -2.09. The van der Waals surface area contributed by atoms with Gasteiger partial charge in [0, 0.05) is 0 Å². The fraction of sp³-hybridized carbons (Fsp3) is 0.0526. The first-order valence-corrected chi connectivity index (χ1v) is 9.06. The van der Waals surface area contributed by atoms with Crippen LogP contribution in [-0.4, -0.2) is 12.5 Å². The van der Waals surface area contributed by atoms with Gasteiger partial charge in [-0.3, -0.25) is 4.79 Å². The lowest BCUT2D eigenvalue weighted by molar-refractivity contribution is -0.112. The van der Waals surface area contributed by atoms with Crippen molar-refractivity contribution in [2.24, 2.45) is 0 Å². The second-order valence-corrected chi connectivity index (χ2v) is 6.93. The normalized spacial score (nSPS) is 10.6. The van der Waals surface area contributed by atoms with Crippen LogP contribution in [0.1, 0.15) is 5.56 Å². The number of halogens is 3. The zero-order valence-corrected chi connectivity index (χ0v) is 17.0. The van der Waals surface area contributed by atoms with Crippen LogP contribution in [0.5, 0.6) is 5.75 Å². The van der Waals surface area contributed by atoms with Crippen LogP contribution in [0.15, 0.2) is 46.4 Å². The largest absolute Gasteiger partial charge is 0.479 e. The first-order chi connectivity index (χ1) is 12.5. The van der Waals surface area contributed by atoms with E-state index in [1.165, 1.54) is 24.3 Å². The van der Waals surface area contributed by atoms with Crippen LogP contribution in [0.4, 0.5) is 10.1 Å². The number of ether oxygens (including phenoxy) is 1. The van der Waals surface area contributed by atoms with E-state index >= 15 is 0 Å². The Morgan fingerprint density at radius 3 is 2.77 bits per heavy atom. The Morgan fingerprint density at radius 2 is 2.15 bits per heavy atom. The number of terminal acetylenes is 1. The van der Waals surface area contributed by atoms with E-state index in [1.54, 1.807) is 18.2 Å². The van der Waals surface area contributed by atoms with Crippen molar-refractivity contribution in [3.05, 3.63) is 61.4 Å². The van der Waals surface area contributed by atoms with E-state index in [4.69, 9.17) is 11.2 Å². The summed E-state index contributed by atoms with van der Waals surface area (Å²) >= 11 is 5.44. The van der Waals surface area contributed by atoms with Gasteiger partial charge in [0.05, 0.1) is 13.7 Å². The summed E-state index contributed by atoms with van der Waals surface area (Å²) in [6, 6.07) is 11.0. The zero-order valence-electron chi connectivity index (χ0n) is 13.2. The third-order valence-electron chi connectivity index (χ3n) is 3.12. The molecule has 0 aliphatic rings. The van der Waals surface area contributed by atoms with Crippen LogP contribution in [0, 0.1) is 33.1 Å². The fourth-order valence-corrected chi connectivity index (χ4v) is 3.75. The molecule has 130 valence electrons. The van der Waals surface area contributed by atoms with Crippen molar-refractivity contribution in [2.75, 3.05) is 11.9 Å². The van der Waals surface area contributed by atoms with Gasteiger partial charge in [0.1, 0.15) is 29.8 Å². The minimum absolute atomic E-state index is 0.00689. The molecule has 2 aromatic rings. The van der Waals surface area contributed by atoms with E-state index in [1.807, 2.05) is 6.07 Å². The van der Waals surface area contributed by atoms with E-state index in [-0.39, 0.29) is 17.9 Å². The number of rotatable bonds is 5. The lowest BCUT2D eigenvalue weighted by Crippen LogP contribution is -2.14. The smallest absolute Gasteiger partial charge is 0.266 e. The molecule has 0 saturated carbocycles. The second kappa shape index (κ2) is 9.37. The van der Waals surface area contributed by atoms with Crippen molar-refractivity contribution < 1.29 is 13.9 Å². The summed E-state index contributed by atoms with van der Waals surface area (Å²) in [6.45, 7) is 0.123. The molecule has 0 heterocycles. The number of hydrogen-bond acceptors (Lipinski definition) is 3. The molecule has 0 saturated heterocycles. The van der Waals surface area contributed by atoms with Gasteiger partial charge < -0.3 is 10.1 Å². The number of para-hydroxylation sites is 1. The maximum atomic E-state index is 13.6. The first-order valence-electron chi connectivity index (χ1n) is 7.19. The lowest BCUT2D eigenvalue weighted by atomic mass is 10.1. The Balaban J connectivity index is 2.28. The highest BCUT2D eigenvalue weighted by Crippen LogP contribution is 2.32. The molecular formula is C19H11BrFIN2O2. The molecule has 0 fully saturated rings. The molecule has 26 heavy (non-hydrogen) atoms. The molecule has 0 atom stereocenters. The van der Waals surface area contributed by atoms with Crippen molar-refractivity contribution in [2.45, 2.75) is 0 Å². The molecular weight excluding hydrogens is 514 g/mol. The quantitative estimate of drug-likeness (QED) is 0.266. The molecule has 7 heteroatoms. The van der Waals surface area contributed by atoms with Gasteiger partial charge in [0.25, 0.3) is 5.91 Å². The Kier molecular flexibility index (Phi) is 7.19. The summed E-state index contributed by atoms with van der Waals surface area (Å²) in [7, 11) is 0. The van der Waals surface area contributed by atoms with Crippen molar-refractivity contribution in [1.29, 1.82) is 5.26 Å². The van der Waals surface area contributed by atoms with Gasteiger partial charge in [-0.15, -0.1) is 6.42 Å². The third kappa shape index (κ3) is 5.07. The topological polar surface area (TPSA) is 62.1 Å². The average Bonchev–Trinajstić information content (AvgIpc) is 2.61. The number of benzene rings is 2. The van der Waals surface area contributed by atoms with Gasteiger partial charge in [0.15, 0.2) is 0 Å².